The Bertz CT molecular complexity index is 362. The third-order valence-electron chi connectivity index (χ3n) is 1.64. The van der Waals surface area contributed by atoms with Crippen LogP contribution < -0.4 is 4.74 Å². The third kappa shape index (κ3) is 2.61. The Balaban J connectivity index is 2.85. The van der Waals surface area contributed by atoms with Gasteiger partial charge in [-0.1, -0.05) is 6.07 Å². The minimum atomic E-state index is -0.661. The molecule has 0 heterocycles. The average Bonchev–Trinajstić information content (AvgIpc) is 2.20. The smallest absolute Gasteiger partial charge is 0.181 e. The van der Waals surface area contributed by atoms with Crippen LogP contribution in [0.5, 0.6) is 5.75 Å². The van der Waals surface area contributed by atoms with Gasteiger partial charge in [0.15, 0.2) is 17.7 Å². The molecule has 14 heavy (non-hydrogen) atoms. The maximum absolute atomic E-state index is 13.2. The summed E-state index contributed by atoms with van der Waals surface area (Å²) < 4.78 is 18.3. The molecule has 0 saturated heterocycles. The second-order valence-electron chi connectivity index (χ2n) is 2.79. The molecule has 0 bridgehead atoms. The quantitative estimate of drug-likeness (QED) is 0.724. The van der Waals surface area contributed by atoms with Gasteiger partial charge in [-0.25, -0.2) is 4.39 Å². The number of hydrogen-bond acceptors (Lipinski definition) is 2. The zero-order valence-electron chi connectivity index (χ0n) is 7.63. The highest BCUT2D eigenvalue weighted by atomic mass is 35.5. The van der Waals surface area contributed by atoms with Crippen LogP contribution in [-0.2, 0) is 5.88 Å². The largest absolute Gasteiger partial charge is 0.473 e. The van der Waals surface area contributed by atoms with Crippen LogP contribution >= 0.6 is 11.6 Å². The van der Waals surface area contributed by atoms with Gasteiger partial charge in [-0.05, 0) is 24.6 Å². The lowest BCUT2D eigenvalue weighted by Gasteiger charge is -2.08. The molecule has 0 amide bonds. The predicted octanol–water partition coefficient (Wildman–Crippen LogP) is 2.86. The van der Waals surface area contributed by atoms with Crippen LogP contribution in [0.1, 0.15) is 12.5 Å². The fourth-order valence-electron chi connectivity index (χ4n) is 0.940. The van der Waals surface area contributed by atoms with Gasteiger partial charge in [0.05, 0.1) is 0 Å². The molecule has 1 rings (SSSR count). The van der Waals surface area contributed by atoms with Gasteiger partial charge in [-0.3, -0.25) is 0 Å². The molecule has 1 atom stereocenters. The molecule has 1 unspecified atom stereocenters. The fourth-order valence-corrected chi connectivity index (χ4v) is 1.11. The van der Waals surface area contributed by atoms with E-state index in [1.54, 1.807) is 13.0 Å². The minimum Gasteiger partial charge on any atom is -0.473 e. The summed E-state index contributed by atoms with van der Waals surface area (Å²) in [6.07, 6.45) is -0.661. The number of halogens is 2. The lowest BCUT2D eigenvalue weighted by Crippen LogP contribution is -2.09. The maximum Gasteiger partial charge on any atom is 0.181 e. The number of nitrogens with zero attached hydrogens (tertiary/aromatic N) is 1. The number of ether oxygens (including phenoxy) is 1. The van der Waals surface area contributed by atoms with Crippen molar-refractivity contribution in [2.24, 2.45) is 0 Å². The van der Waals surface area contributed by atoms with Crippen molar-refractivity contribution in [3.8, 4) is 11.8 Å². The molecular weight excluding hydrogens is 205 g/mol. The number of hydrogen-bond donors (Lipinski definition) is 0. The van der Waals surface area contributed by atoms with Crippen LogP contribution in [0.15, 0.2) is 18.2 Å². The summed E-state index contributed by atoms with van der Waals surface area (Å²) in [5.74, 6) is -0.163. The van der Waals surface area contributed by atoms with E-state index in [1.807, 2.05) is 6.07 Å². The Hall–Kier alpha value is -1.27. The van der Waals surface area contributed by atoms with E-state index >= 15 is 0 Å². The Morgan fingerprint density at radius 1 is 1.64 bits per heavy atom. The van der Waals surface area contributed by atoms with Crippen molar-refractivity contribution in [3.05, 3.63) is 29.6 Å². The second-order valence-corrected chi connectivity index (χ2v) is 3.05. The molecule has 0 aromatic heterocycles. The average molecular weight is 214 g/mol. The fraction of sp³-hybridized carbons (Fsp3) is 0.300. The highest BCUT2D eigenvalue weighted by Crippen LogP contribution is 2.20. The Kier molecular flexibility index (Phi) is 3.73. The zero-order valence-corrected chi connectivity index (χ0v) is 8.38. The van der Waals surface area contributed by atoms with Crippen molar-refractivity contribution in [1.82, 2.24) is 0 Å². The summed E-state index contributed by atoms with van der Waals surface area (Å²) in [6.45, 7) is 1.55. The van der Waals surface area contributed by atoms with Gasteiger partial charge in [0, 0.05) is 5.88 Å². The van der Waals surface area contributed by atoms with E-state index in [0.717, 1.165) is 0 Å². The Morgan fingerprint density at radius 3 is 2.86 bits per heavy atom. The molecule has 74 valence electrons. The molecule has 1 aromatic carbocycles. The molecule has 0 N–H and O–H groups in total. The highest BCUT2D eigenvalue weighted by Gasteiger charge is 2.07. The van der Waals surface area contributed by atoms with Gasteiger partial charge in [0.25, 0.3) is 0 Å². The molecular formula is C10H9ClFNO. The number of alkyl halides is 1. The van der Waals surface area contributed by atoms with E-state index in [0.29, 0.717) is 5.56 Å². The summed E-state index contributed by atoms with van der Waals surface area (Å²) in [5.41, 5.74) is 0.682. The van der Waals surface area contributed by atoms with Crippen molar-refractivity contribution in [1.29, 1.82) is 5.26 Å². The monoisotopic (exact) mass is 213 g/mol. The van der Waals surface area contributed by atoms with E-state index in [1.165, 1.54) is 12.1 Å². The maximum atomic E-state index is 13.2. The van der Waals surface area contributed by atoms with Crippen molar-refractivity contribution in [2.75, 3.05) is 0 Å². The highest BCUT2D eigenvalue weighted by molar-refractivity contribution is 6.17. The van der Waals surface area contributed by atoms with Gasteiger partial charge in [0.1, 0.15) is 6.07 Å². The summed E-state index contributed by atoms with van der Waals surface area (Å²) in [6, 6.07) is 6.29. The van der Waals surface area contributed by atoms with Crippen LogP contribution in [0.3, 0.4) is 0 Å². The van der Waals surface area contributed by atoms with Gasteiger partial charge in [0.2, 0.25) is 0 Å². The summed E-state index contributed by atoms with van der Waals surface area (Å²) in [7, 11) is 0. The van der Waals surface area contributed by atoms with E-state index in [2.05, 4.69) is 0 Å². The van der Waals surface area contributed by atoms with Crippen LogP contribution in [0.2, 0.25) is 0 Å². The van der Waals surface area contributed by atoms with Crippen LogP contribution in [0, 0.1) is 17.1 Å². The number of nitriles is 1. The first-order valence-corrected chi connectivity index (χ1v) is 4.61. The molecule has 0 saturated carbocycles. The number of rotatable bonds is 3. The lowest BCUT2D eigenvalue weighted by molar-refractivity contribution is 0.263. The van der Waals surface area contributed by atoms with E-state index in [9.17, 15) is 4.39 Å². The number of benzene rings is 1. The molecule has 0 spiro atoms. The van der Waals surface area contributed by atoms with Crippen LogP contribution in [0.25, 0.3) is 0 Å². The lowest BCUT2D eigenvalue weighted by atomic mass is 10.2. The minimum absolute atomic E-state index is 0.0768. The molecule has 2 nitrogen and oxygen atoms in total. The zero-order chi connectivity index (χ0) is 10.6. The first kappa shape index (κ1) is 10.8. The van der Waals surface area contributed by atoms with E-state index in [-0.39, 0.29) is 11.6 Å². The molecule has 0 aliphatic carbocycles. The third-order valence-corrected chi connectivity index (χ3v) is 1.94. The molecule has 0 fully saturated rings. The molecule has 4 heteroatoms. The van der Waals surface area contributed by atoms with Crippen LogP contribution in [-0.4, -0.2) is 6.10 Å². The standard InChI is InChI=1S/C10H9ClFNO/c1-7(6-13)14-10-3-2-8(5-11)4-9(10)12/h2-4,7H,5H2,1H3. The normalized spacial score (nSPS) is 11.9. The second kappa shape index (κ2) is 4.83. The predicted molar refractivity (Wildman–Crippen MR) is 51.7 cm³/mol. The summed E-state index contributed by atoms with van der Waals surface area (Å²) in [4.78, 5) is 0. The first-order valence-electron chi connectivity index (χ1n) is 4.08. The van der Waals surface area contributed by atoms with Crippen molar-refractivity contribution in [3.63, 3.8) is 0 Å². The van der Waals surface area contributed by atoms with E-state index in [4.69, 9.17) is 21.6 Å². The summed E-state index contributed by atoms with van der Waals surface area (Å²) >= 11 is 5.52. The van der Waals surface area contributed by atoms with Crippen molar-refractivity contribution < 1.29 is 9.13 Å². The van der Waals surface area contributed by atoms with Gasteiger partial charge in [-0.2, -0.15) is 5.26 Å². The molecule has 0 aliphatic heterocycles. The van der Waals surface area contributed by atoms with Crippen molar-refractivity contribution in [2.45, 2.75) is 18.9 Å². The van der Waals surface area contributed by atoms with E-state index < -0.39 is 11.9 Å². The SMILES string of the molecule is CC(C#N)Oc1ccc(CCl)cc1F. The Labute approximate surface area is 86.9 Å². The molecule has 0 radical (unpaired) electrons. The molecule has 0 aliphatic rings. The molecule has 1 aromatic rings. The van der Waals surface area contributed by atoms with Gasteiger partial charge >= 0.3 is 0 Å². The van der Waals surface area contributed by atoms with Crippen LogP contribution in [0.4, 0.5) is 4.39 Å². The Morgan fingerprint density at radius 2 is 2.36 bits per heavy atom. The van der Waals surface area contributed by atoms with Gasteiger partial charge < -0.3 is 4.74 Å². The van der Waals surface area contributed by atoms with Crippen molar-refractivity contribution >= 4 is 11.6 Å². The van der Waals surface area contributed by atoms with Gasteiger partial charge in [-0.15, -0.1) is 11.6 Å². The topological polar surface area (TPSA) is 33.0 Å². The first-order chi connectivity index (χ1) is 6.67. The summed E-state index contributed by atoms with van der Waals surface area (Å²) in [5, 5.41) is 8.47.